The molecule has 0 saturated carbocycles. The maximum atomic E-state index is 12.7. The van der Waals surface area contributed by atoms with E-state index in [9.17, 15) is 13.2 Å². The Labute approximate surface area is 142 Å². The summed E-state index contributed by atoms with van der Waals surface area (Å²) in [7, 11) is -2.04. The Morgan fingerprint density at radius 1 is 1.35 bits per heavy atom. The van der Waals surface area contributed by atoms with Gasteiger partial charge in [-0.3, -0.25) is 4.79 Å². The molecule has 1 fully saturated rings. The highest BCUT2D eigenvalue weighted by Gasteiger charge is 2.36. The summed E-state index contributed by atoms with van der Waals surface area (Å²) in [5.74, 6) is -0.593. The van der Waals surface area contributed by atoms with Crippen molar-refractivity contribution in [2.45, 2.75) is 29.9 Å². The van der Waals surface area contributed by atoms with Crippen molar-refractivity contribution in [3.8, 4) is 0 Å². The fourth-order valence-electron chi connectivity index (χ4n) is 2.66. The van der Waals surface area contributed by atoms with Gasteiger partial charge in [-0.15, -0.1) is 12.4 Å². The molecule has 1 heterocycles. The molecule has 1 aliphatic heterocycles. The second-order valence-corrected chi connectivity index (χ2v) is 7.17. The van der Waals surface area contributed by atoms with Gasteiger partial charge in [0.05, 0.1) is 11.0 Å². The van der Waals surface area contributed by atoms with E-state index in [-0.39, 0.29) is 41.6 Å². The molecule has 1 aliphatic rings. The van der Waals surface area contributed by atoms with Crippen LogP contribution in [0.25, 0.3) is 0 Å². The molecule has 4 N–H and O–H groups in total. The summed E-state index contributed by atoms with van der Waals surface area (Å²) >= 11 is 0. The summed E-state index contributed by atoms with van der Waals surface area (Å²) in [4.78, 5) is 11.2. The Bertz CT molecular complexity index is 636. The smallest absolute Gasteiger partial charge is 0.248 e. The molecule has 2 unspecified atom stereocenters. The molecule has 0 bridgehead atoms. The number of hydrogen-bond donors (Lipinski definition) is 2. The zero-order valence-corrected chi connectivity index (χ0v) is 14.5. The Hall–Kier alpha value is -1.19. The van der Waals surface area contributed by atoms with Crippen molar-refractivity contribution < 1.29 is 17.9 Å². The van der Waals surface area contributed by atoms with E-state index in [1.54, 1.807) is 7.11 Å². The van der Waals surface area contributed by atoms with Crippen molar-refractivity contribution in [1.82, 2.24) is 4.31 Å². The van der Waals surface area contributed by atoms with Gasteiger partial charge in [-0.1, -0.05) is 0 Å². The molecule has 2 atom stereocenters. The quantitative estimate of drug-likeness (QED) is 0.782. The molecule has 0 spiro atoms. The maximum Gasteiger partial charge on any atom is 0.248 e. The van der Waals surface area contributed by atoms with Gasteiger partial charge in [-0.2, -0.15) is 4.31 Å². The zero-order valence-electron chi connectivity index (χ0n) is 12.8. The fraction of sp³-hybridized carbons (Fsp3) is 0.500. The van der Waals surface area contributed by atoms with Crippen LogP contribution in [-0.4, -0.2) is 51.0 Å². The second-order valence-electron chi connectivity index (χ2n) is 5.28. The van der Waals surface area contributed by atoms with Gasteiger partial charge in [0, 0.05) is 31.8 Å². The van der Waals surface area contributed by atoms with Gasteiger partial charge in [0.2, 0.25) is 15.9 Å². The third-order valence-electron chi connectivity index (χ3n) is 3.96. The molecule has 9 heteroatoms. The molecule has 7 nitrogen and oxygen atoms in total. The number of nitrogens with two attached hydrogens (primary N) is 2. The van der Waals surface area contributed by atoms with Gasteiger partial charge in [0.25, 0.3) is 0 Å². The molecular formula is C14H22ClN3O4S. The molecule has 0 aromatic heterocycles. The number of nitrogens with zero attached hydrogens (tertiary/aromatic N) is 1. The normalized spacial score (nSPS) is 22.3. The molecule has 130 valence electrons. The van der Waals surface area contributed by atoms with Gasteiger partial charge >= 0.3 is 0 Å². The van der Waals surface area contributed by atoms with Crippen LogP contribution in [-0.2, 0) is 14.8 Å². The number of amides is 1. The topological polar surface area (TPSA) is 116 Å². The number of hydrogen-bond acceptors (Lipinski definition) is 5. The summed E-state index contributed by atoms with van der Waals surface area (Å²) in [5.41, 5.74) is 11.2. The first-order valence-electron chi connectivity index (χ1n) is 7.04. The summed E-state index contributed by atoms with van der Waals surface area (Å²) in [6.45, 7) is 0.596. The minimum atomic E-state index is -3.65. The molecule has 1 aromatic rings. The van der Waals surface area contributed by atoms with E-state index in [1.807, 2.05) is 0 Å². The van der Waals surface area contributed by atoms with Crippen LogP contribution in [0.3, 0.4) is 0 Å². The van der Waals surface area contributed by atoms with Crippen LogP contribution >= 0.6 is 12.4 Å². The van der Waals surface area contributed by atoms with E-state index < -0.39 is 15.9 Å². The second kappa shape index (κ2) is 8.07. The third kappa shape index (κ3) is 4.21. The lowest BCUT2D eigenvalue weighted by Crippen LogP contribution is -2.51. The number of halogens is 1. The Kier molecular flexibility index (Phi) is 6.97. The molecular weight excluding hydrogens is 342 g/mol. The number of piperidine rings is 1. The summed E-state index contributed by atoms with van der Waals surface area (Å²) in [6.07, 6.45) is 1.23. The number of ether oxygens (including phenoxy) is 1. The predicted octanol–water partition coefficient (Wildman–Crippen LogP) is 0.334. The lowest BCUT2D eigenvalue weighted by atomic mass is 10.0. The first-order valence-corrected chi connectivity index (χ1v) is 8.48. The first-order chi connectivity index (χ1) is 10.4. The number of sulfonamides is 1. The number of carbonyl (C=O) groups excluding carboxylic acids is 1. The van der Waals surface area contributed by atoms with Crippen LogP contribution in [0.1, 0.15) is 23.2 Å². The van der Waals surface area contributed by atoms with Crippen LogP contribution < -0.4 is 11.5 Å². The van der Waals surface area contributed by atoms with Crippen molar-refractivity contribution in [2.75, 3.05) is 20.2 Å². The monoisotopic (exact) mass is 363 g/mol. The van der Waals surface area contributed by atoms with Crippen LogP contribution in [0.4, 0.5) is 0 Å². The number of benzene rings is 1. The van der Waals surface area contributed by atoms with E-state index in [4.69, 9.17) is 16.2 Å². The van der Waals surface area contributed by atoms with Crippen LogP contribution in [0.5, 0.6) is 0 Å². The summed E-state index contributed by atoms with van der Waals surface area (Å²) < 4.78 is 32.2. The van der Waals surface area contributed by atoms with Crippen molar-refractivity contribution in [1.29, 1.82) is 0 Å². The van der Waals surface area contributed by atoms with Crippen molar-refractivity contribution in [3.63, 3.8) is 0 Å². The number of primary amides is 1. The predicted molar refractivity (Wildman–Crippen MR) is 89.0 cm³/mol. The molecule has 1 saturated heterocycles. The van der Waals surface area contributed by atoms with Gasteiger partial charge in [0.15, 0.2) is 0 Å². The number of methoxy groups -OCH3 is 1. The molecule has 2 rings (SSSR count). The van der Waals surface area contributed by atoms with Crippen LogP contribution in [0.15, 0.2) is 29.2 Å². The van der Waals surface area contributed by atoms with Gasteiger partial charge < -0.3 is 16.2 Å². The van der Waals surface area contributed by atoms with E-state index in [0.29, 0.717) is 19.4 Å². The van der Waals surface area contributed by atoms with Crippen molar-refractivity contribution in [2.24, 2.45) is 11.5 Å². The van der Waals surface area contributed by atoms with Crippen LogP contribution in [0.2, 0.25) is 0 Å². The number of rotatable bonds is 5. The van der Waals surface area contributed by atoms with Crippen molar-refractivity contribution >= 4 is 28.3 Å². The first kappa shape index (κ1) is 19.9. The summed E-state index contributed by atoms with van der Waals surface area (Å²) in [6, 6.07) is 5.32. The van der Waals surface area contributed by atoms with Crippen molar-refractivity contribution in [3.05, 3.63) is 29.8 Å². The minimum absolute atomic E-state index is 0. The lowest BCUT2D eigenvalue weighted by molar-refractivity contribution is 0.0401. The van der Waals surface area contributed by atoms with E-state index in [1.165, 1.54) is 28.6 Å². The Balaban J connectivity index is 0.00000264. The van der Waals surface area contributed by atoms with Gasteiger partial charge in [0.1, 0.15) is 0 Å². The average Bonchev–Trinajstić information content (AvgIpc) is 2.54. The highest BCUT2D eigenvalue weighted by atomic mass is 35.5. The van der Waals surface area contributed by atoms with E-state index in [2.05, 4.69) is 0 Å². The Morgan fingerprint density at radius 2 is 1.96 bits per heavy atom. The SMILES string of the molecule is COC1CCN(S(=O)(=O)c2ccc(C(N)=O)cc2)C(CN)C1.Cl. The maximum absolute atomic E-state index is 12.7. The van der Waals surface area contributed by atoms with Crippen LogP contribution in [0, 0.1) is 0 Å². The largest absolute Gasteiger partial charge is 0.381 e. The molecule has 0 aliphatic carbocycles. The highest BCUT2D eigenvalue weighted by molar-refractivity contribution is 7.89. The van der Waals surface area contributed by atoms with Gasteiger partial charge in [-0.25, -0.2) is 8.42 Å². The molecule has 1 aromatic carbocycles. The highest BCUT2D eigenvalue weighted by Crippen LogP contribution is 2.26. The third-order valence-corrected chi connectivity index (χ3v) is 5.93. The Morgan fingerprint density at radius 3 is 2.43 bits per heavy atom. The average molecular weight is 364 g/mol. The number of carbonyl (C=O) groups is 1. The van der Waals surface area contributed by atoms with E-state index >= 15 is 0 Å². The molecule has 1 amide bonds. The standard InChI is InChI=1S/C14H21N3O4S.ClH/c1-21-12-6-7-17(11(8-12)9-15)22(19,20)13-4-2-10(3-5-13)14(16)18;/h2-5,11-12H,6-9,15H2,1H3,(H2,16,18);1H. The minimum Gasteiger partial charge on any atom is -0.381 e. The molecule has 0 radical (unpaired) electrons. The van der Waals surface area contributed by atoms with E-state index in [0.717, 1.165) is 0 Å². The summed E-state index contributed by atoms with van der Waals surface area (Å²) in [5, 5.41) is 0. The fourth-order valence-corrected chi connectivity index (χ4v) is 4.32. The van der Waals surface area contributed by atoms with Gasteiger partial charge in [-0.05, 0) is 37.1 Å². The zero-order chi connectivity index (χ0) is 16.3. The molecule has 23 heavy (non-hydrogen) atoms. The lowest BCUT2D eigenvalue weighted by Gasteiger charge is -2.37.